The topological polar surface area (TPSA) is 49.4 Å². The Morgan fingerprint density at radius 2 is 2.06 bits per heavy atom. The van der Waals surface area contributed by atoms with Crippen LogP contribution in [0.25, 0.3) is 0 Å². The van der Waals surface area contributed by atoms with Gasteiger partial charge in [0.05, 0.1) is 4.90 Å². The molecule has 0 spiro atoms. The van der Waals surface area contributed by atoms with Crippen LogP contribution in [0.4, 0.5) is 0 Å². The molecule has 1 saturated heterocycles. The largest absolute Gasteiger partial charge is 0.314 e. The van der Waals surface area contributed by atoms with E-state index in [2.05, 4.69) is 5.32 Å². The van der Waals surface area contributed by atoms with Crippen molar-refractivity contribution < 1.29 is 8.42 Å². The van der Waals surface area contributed by atoms with E-state index in [1.54, 1.807) is 10.4 Å². The van der Waals surface area contributed by atoms with Gasteiger partial charge in [-0.3, -0.25) is 0 Å². The molecule has 5 heteroatoms. The van der Waals surface area contributed by atoms with Crippen molar-refractivity contribution in [1.29, 1.82) is 0 Å². The van der Waals surface area contributed by atoms with Gasteiger partial charge in [0, 0.05) is 25.7 Å². The number of piperazine rings is 1. The summed E-state index contributed by atoms with van der Waals surface area (Å²) in [6.45, 7) is 7.67. The van der Waals surface area contributed by atoms with Crippen LogP contribution in [0.5, 0.6) is 0 Å². The summed E-state index contributed by atoms with van der Waals surface area (Å²) in [7, 11) is -3.37. The second-order valence-electron chi connectivity index (χ2n) is 4.94. The number of sulfonamides is 1. The molecule has 1 aliphatic heterocycles. The lowest BCUT2D eigenvalue weighted by Gasteiger charge is -2.33. The Morgan fingerprint density at radius 3 is 2.72 bits per heavy atom. The molecule has 0 bridgehead atoms. The van der Waals surface area contributed by atoms with E-state index >= 15 is 0 Å². The summed E-state index contributed by atoms with van der Waals surface area (Å²) in [5.74, 6) is 0. The third-order valence-corrected chi connectivity index (χ3v) is 5.53. The number of hydrogen-bond acceptors (Lipinski definition) is 3. The van der Waals surface area contributed by atoms with E-state index in [1.165, 1.54) is 0 Å². The van der Waals surface area contributed by atoms with Gasteiger partial charge in [-0.15, -0.1) is 0 Å². The van der Waals surface area contributed by atoms with E-state index in [4.69, 9.17) is 0 Å². The number of aryl methyl sites for hydroxylation is 2. The van der Waals surface area contributed by atoms with Gasteiger partial charge in [0.25, 0.3) is 0 Å². The maximum absolute atomic E-state index is 12.7. The third kappa shape index (κ3) is 2.43. The lowest BCUT2D eigenvalue weighted by atomic mass is 10.2. The fourth-order valence-corrected chi connectivity index (χ4v) is 4.23. The molecule has 1 aliphatic rings. The van der Waals surface area contributed by atoms with Crippen LogP contribution in [-0.4, -0.2) is 38.4 Å². The van der Waals surface area contributed by atoms with Crippen LogP contribution in [0.2, 0.25) is 0 Å². The first-order chi connectivity index (χ1) is 8.43. The second kappa shape index (κ2) is 4.99. The Bertz CT molecular complexity index is 540. The fourth-order valence-electron chi connectivity index (χ4n) is 2.29. The van der Waals surface area contributed by atoms with Crippen LogP contribution < -0.4 is 5.32 Å². The van der Waals surface area contributed by atoms with Gasteiger partial charge < -0.3 is 5.32 Å². The van der Waals surface area contributed by atoms with E-state index in [-0.39, 0.29) is 6.04 Å². The Hall–Kier alpha value is -0.910. The number of rotatable bonds is 2. The predicted molar refractivity (Wildman–Crippen MR) is 72.1 cm³/mol. The molecule has 2 rings (SSSR count). The highest BCUT2D eigenvalue weighted by molar-refractivity contribution is 7.89. The van der Waals surface area contributed by atoms with Crippen molar-refractivity contribution in [2.75, 3.05) is 19.6 Å². The molecule has 0 radical (unpaired) electrons. The SMILES string of the molecule is Cc1ccc(C)c(S(=O)(=O)N2CCNC[C@H]2C)c1. The van der Waals surface area contributed by atoms with Crippen molar-refractivity contribution in [3.63, 3.8) is 0 Å². The molecule has 1 atom stereocenters. The van der Waals surface area contributed by atoms with Crippen LogP contribution >= 0.6 is 0 Å². The van der Waals surface area contributed by atoms with E-state index in [0.29, 0.717) is 24.5 Å². The zero-order chi connectivity index (χ0) is 13.3. The monoisotopic (exact) mass is 268 g/mol. The van der Waals surface area contributed by atoms with Crippen LogP contribution in [0.3, 0.4) is 0 Å². The van der Waals surface area contributed by atoms with E-state index in [0.717, 1.165) is 11.1 Å². The van der Waals surface area contributed by atoms with Crippen molar-refractivity contribution in [3.05, 3.63) is 29.3 Å². The highest BCUT2D eigenvalue weighted by Gasteiger charge is 2.31. The van der Waals surface area contributed by atoms with Crippen LogP contribution in [0.1, 0.15) is 18.1 Å². The average molecular weight is 268 g/mol. The average Bonchev–Trinajstić information content (AvgIpc) is 2.32. The third-order valence-electron chi connectivity index (χ3n) is 3.37. The van der Waals surface area contributed by atoms with Crippen molar-refractivity contribution in [2.24, 2.45) is 0 Å². The quantitative estimate of drug-likeness (QED) is 0.879. The van der Waals surface area contributed by atoms with Gasteiger partial charge in [0.1, 0.15) is 0 Å². The summed E-state index contributed by atoms with van der Waals surface area (Å²) in [6, 6.07) is 5.58. The minimum Gasteiger partial charge on any atom is -0.314 e. The van der Waals surface area contributed by atoms with Crippen LogP contribution in [0, 0.1) is 13.8 Å². The normalized spacial score (nSPS) is 22.1. The number of nitrogens with one attached hydrogen (secondary N) is 1. The van der Waals surface area contributed by atoms with Gasteiger partial charge in [-0.05, 0) is 38.0 Å². The zero-order valence-electron chi connectivity index (χ0n) is 11.1. The van der Waals surface area contributed by atoms with Crippen molar-refractivity contribution in [1.82, 2.24) is 9.62 Å². The molecule has 1 aromatic carbocycles. The molecule has 100 valence electrons. The lowest BCUT2D eigenvalue weighted by Crippen LogP contribution is -2.52. The first-order valence-electron chi connectivity index (χ1n) is 6.23. The van der Waals surface area contributed by atoms with E-state index in [1.807, 2.05) is 32.9 Å². The smallest absolute Gasteiger partial charge is 0.243 e. The summed E-state index contributed by atoms with van der Waals surface area (Å²) in [4.78, 5) is 0.441. The Kier molecular flexibility index (Phi) is 3.75. The summed E-state index contributed by atoms with van der Waals surface area (Å²) in [5.41, 5.74) is 1.79. The van der Waals surface area contributed by atoms with Crippen molar-refractivity contribution >= 4 is 10.0 Å². The molecule has 0 aromatic heterocycles. The van der Waals surface area contributed by atoms with E-state index in [9.17, 15) is 8.42 Å². The summed E-state index contributed by atoms with van der Waals surface area (Å²) in [5, 5.41) is 3.21. The Labute approximate surface area is 109 Å². The minimum absolute atomic E-state index is 0.00339. The molecular formula is C13H20N2O2S. The second-order valence-corrected chi connectivity index (χ2v) is 6.80. The molecule has 0 unspecified atom stereocenters. The molecule has 0 saturated carbocycles. The van der Waals surface area contributed by atoms with Gasteiger partial charge in [-0.2, -0.15) is 4.31 Å². The molecule has 0 amide bonds. The van der Waals surface area contributed by atoms with Gasteiger partial charge in [-0.25, -0.2) is 8.42 Å². The fraction of sp³-hybridized carbons (Fsp3) is 0.538. The molecule has 1 aromatic rings. The molecular weight excluding hydrogens is 248 g/mol. The molecule has 1 heterocycles. The van der Waals surface area contributed by atoms with Crippen LogP contribution in [-0.2, 0) is 10.0 Å². The number of benzene rings is 1. The van der Waals surface area contributed by atoms with Crippen LogP contribution in [0.15, 0.2) is 23.1 Å². The van der Waals surface area contributed by atoms with Gasteiger partial charge in [0.15, 0.2) is 0 Å². The van der Waals surface area contributed by atoms with Gasteiger partial charge in [-0.1, -0.05) is 12.1 Å². The van der Waals surface area contributed by atoms with Gasteiger partial charge >= 0.3 is 0 Å². The Balaban J connectivity index is 2.44. The standard InChI is InChI=1S/C13H20N2O2S/c1-10-4-5-11(2)13(8-10)18(16,17)15-7-6-14-9-12(15)3/h4-5,8,12,14H,6-7,9H2,1-3H3/t12-/m1/s1. The number of hydrogen-bond donors (Lipinski definition) is 1. The molecule has 0 aliphatic carbocycles. The zero-order valence-corrected chi connectivity index (χ0v) is 11.9. The highest BCUT2D eigenvalue weighted by Crippen LogP contribution is 2.23. The first-order valence-corrected chi connectivity index (χ1v) is 7.67. The maximum atomic E-state index is 12.7. The summed E-state index contributed by atoms with van der Waals surface area (Å²) >= 11 is 0. The molecule has 18 heavy (non-hydrogen) atoms. The summed E-state index contributed by atoms with van der Waals surface area (Å²) in [6.07, 6.45) is 0. The molecule has 1 fully saturated rings. The van der Waals surface area contributed by atoms with Crippen molar-refractivity contribution in [3.8, 4) is 0 Å². The minimum atomic E-state index is -3.37. The molecule has 4 nitrogen and oxygen atoms in total. The molecule has 1 N–H and O–H groups in total. The highest BCUT2D eigenvalue weighted by atomic mass is 32.2. The lowest BCUT2D eigenvalue weighted by molar-refractivity contribution is 0.283. The predicted octanol–water partition coefficient (Wildman–Crippen LogP) is 1.29. The first kappa shape index (κ1) is 13.5. The van der Waals surface area contributed by atoms with Gasteiger partial charge in [0.2, 0.25) is 10.0 Å². The number of nitrogens with zero attached hydrogens (tertiary/aromatic N) is 1. The Morgan fingerprint density at radius 1 is 1.33 bits per heavy atom. The van der Waals surface area contributed by atoms with Crippen molar-refractivity contribution in [2.45, 2.75) is 31.7 Å². The van der Waals surface area contributed by atoms with E-state index < -0.39 is 10.0 Å². The maximum Gasteiger partial charge on any atom is 0.243 e. The summed E-state index contributed by atoms with van der Waals surface area (Å²) < 4.78 is 26.9.